The van der Waals surface area contributed by atoms with Gasteiger partial charge in [0.1, 0.15) is 11.8 Å². The summed E-state index contributed by atoms with van der Waals surface area (Å²) in [4.78, 5) is 0. The minimum atomic E-state index is 0.653. The normalized spacial score (nSPS) is 10.2. The van der Waals surface area contributed by atoms with Gasteiger partial charge in [0.25, 0.3) is 0 Å². The average molecular weight is 171 g/mol. The van der Waals surface area contributed by atoms with Crippen molar-refractivity contribution in [1.29, 1.82) is 5.26 Å². The van der Waals surface area contributed by atoms with Gasteiger partial charge in [-0.2, -0.15) is 5.26 Å². The quantitative estimate of drug-likeness (QED) is 0.612. The molecule has 3 nitrogen and oxygen atoms in total. The summed E-state index contributed by atoms with van der Waals surface area (Å²) >= 11 is 0. The molecule has 1 aromatic carbocycles. The standard InChI is InChI=1S/C10H9N3/c1-13-9(6-11)5-7-4-8(12)2-3-10(7)13/h2-5H,12H2,1H3. The van der Waals surface area contributed by atoms with Crippen LogP contribution >= 0.6 is 0 Å². The molecule has 3 heteroatoms. The first-order valence-electron chi connectivity index (χ1n) is 3.97. The molecule has 13 heavy (non-hydrogen) atoms. The van der Waals surface area contributed by atoms with Crippen LogP contribution in [0.15, 0.2) is 24.3 Å². The molecule has 2 aromatic rings. The van der Waals surface area contributed by atoms with Crippen molar-refractivity contribution in [3.63, 3.8) is 0 Å². The van der Waals surface area contributed by atoms with E-state index in [0.717, 1.165) is 16.6 Å². The van der Waals surface area contributed by atoms with Crippen LogP contribution in [0, 0.1) is 11.3 Å². The summed E-state index contributed by atoms with van der Waals surface area (Å²) in [5.74, 6) is 0. The Morgan fingerprint density at radius 2 is 2.15 bits per heavy atom. The molecule has 0 unspecified atom stereocenters. The van der Waals surface area contributed by atoms with Gasteiger partial charge in [0, 0.05) is 23.6 Å². The molecule has 1 heterocycles. The second-order valence-electron chi connectivity index (χ2n) is 3.02. The molecule has 0 fully saturated rings. The fourth-order valence-electron chi connectivity index (χ4n) is 1.48. The van der Waals surface area contributed by atoms with Gasteiger partial charge in [-0.1, -0.05) is 0 Å². The number of benzene rings is 1. The van der Waals surface area contributed by atoms with E-state index in [9.17, 15) is 0 Å². The van der Waals surface area contributed by atoms with E-state index in [2.05, 4.69) is 6.07 Å². The van der Waals surface area contributed by atoms with E-state index in [-0.39, 0.29) is 0 Å². The van der Waals surface area contributed by atoms with Crippen molar-refractivity contribution in [2.45, 2.75) is 0 Å². The van der Waals surface area contributed by atoms with Gasteiger partial charge >= 0.3 is 0 Å². The first kappa shape index (κ1) is 7.69. The van der Waals surface area contributed by atoms with Crippen LogP contribution in [0.5, 0.6) is 0 Å². The molecule has 0 saturated heterocycles. The van der Waals surface area contributed by atoms with Crippen LogP contribution in [0.3, 0.4) is 0 Å². The van der Waals surface area contributed by atoms with Crippen molar-refractivity contribution in [2.75, 3.05) is 5.73 Å². The number of nitriles is 1. The van der Waals surface area contributed by atoms with Crippen molar-refractivity contribution in [3.05, 3.63) is 30.0 Å². The molecule has 0 aliphatic heterocycles. The third-order valence-electron chi connectivity index (χ3n) is 2.18. The summed E-state index contributed by atoms with van der Waals surface area (Å²) in [6, 6.07) is 9.60. The van der Waals surface area contributed by atoms with Crippen molar-refractivity contribution in [1.82, 2.24) is 4.57 Å². The van der Waals surface area contributed by atoms with Gasteiger partial charge in [-0.05, 0) is 24.3 Å². The molecule has 0 bridgehead atoms. The number of hydrogen-bond donors (Lipinski definition) is 1. The maximum Gasteiger partial charge on any atom is 0.121 e. The molecule has 0 atom stereocenters. The fourth-order valence-corrected chi connectivity index (χ4v) is 1.48. The van der Waals surface area contributed by atoms with Crippen LogP contribution in [0.25, 0.3) is 10.9 Å². The minimum Gasteiger partial charge on any atom is -0.399 e. The Bertz CT molecular complexity index is 503. The van der Waals surface area contributed by atoms with Crippen molar-refractivity contribution in [2.24, 2.45) is 7.05 Å². The van der Waals surface area contributed by atoms with Crippen LogP contribution in [-0.2, 0) is 7.05 Å². The lowest BCUT2D eigenvalue weighted by Crippen LogP contribution is -1.90. The fraction of sp³-hybridized carbons (Fsp3) is 0.100. The lowest BCUT2D eigenvalue weighted by atomic mass is 10.2. The van der Waals surface area contributed by atoms with Gasteiger partial charge in [-0.25, -0.2) is 0 Å². The van der Waals surface area contributed by atoms with Crippen LogP contribution in [0.1, 0.15) is 5.69 Å². The highest BCUT2D eigenvalue weighted by atomic mass is 14.9. The van der Waals surface area contributed by atoms with E-state index in [1.807, 2.05) is 35.9 Å². The predicted octanol–water partition coefficient (Wildman–Crippen LogP) is 1.63. The van der Waals surface area contributed by atoms with E-state index in [0.29, 0.717) is 5.69 Å². The number of nitrogens with zero attached hydrogens (tertiary/aromatic N) is 2. The number of aromatic nitrogens is 1. The van der Waals surface area contributed by atoms with E-state index in [1.165, 1.54) is 0 Å². The highest BCUT2D eigenvalue weighted by molar-refractivity contribution is 5.85. The van der Waals surface area contributed by atoms with Gasteiger partial charge in [-0.3, -0.25) is 0 Å². The molecule has 0 aliphatic carbocycles. The first-order chi connectivity index (χ1) is 6.22. The smallest absolute Gasteiger partial charge is 0.121 e. The zero-order valence-corrected chi connectivity index (χ0v) is 7.28. The Kier molecular flexibility index (Phi) is 1.49. The second-order valence-corrected chi connectivity index (χ2v) is 3.02. The van der Waals surface area contributed by atoms with E-state index < -0.39 is 0 Å². The molecule has 2 rings (SSSR count). The summed E-state index contributed by atoms with van der Waals surface area (Å²) < 4.78 is 1.86. The van der Waals surface area contributed by atoms with Crippen molar-refractivity contribution >= 4 is 16.6 Å². The summed E-state index contributed by atoms with van der Waals surface area (Å²) in [5.41, 5.74) is 8.04. The monoisotopic (exact) mass is 171 g/mol. The lowest BCUT2D eigenvalue weighted by molar-refractivity contribution is 0.947. The van der Waals surface area contributed by atoms with Gasteiger partial charge in [-0.15, -0.1) is 0 Å². The number of nitrogens with two attached hydrogens (primary N) is 1. The number of fused-ring (bicyclic) bond motifs is 1. The number of nitrogen functional groups attached to an aromatic ring is 1. The van der Waals surface area contributed by atoms with Crippen LogP contribution < -0.4 is 5.73 Å². The molecule has 1 aromatic heterocycles. The Hall–Kier alpha value is -1.95. The zero-order chi connectivity index (χ0) is 9.42. The maximum atomic E-state index is 8.79. The molecule has 0 amide bonds. The Morgan fingerprint density at radius 3 is 2.85 bits per heavy atom. The highest BCUT2D eigenvalue weighted by Gasteiger charge is 2.03. The largest absolute Gasteiger partial charge is 0.399 e. The SMILES string of the molecule is Cn1c(C#N)cc2cc(N)ccc21. The number of hydrogen-bond acceptors (Lipinski definition) is 2. The van der Waals surface area contributed by atoms with Crippen LogP contribution in [0.2, 0.25) is 0 Å². The summed E-state index contributed by atoms with van der Waals surface area (Å²) in [5, 5.41) is 9.80. The van der Waals surface area contributed by atoms with Gasteiger partial charge in [0.2, 0.25) is 0 Å². The van der Waals surface area contributed by atoms with E-state index >= 15 is 0 Å². The second kappa shape index (κ2) is 2.53. The summed E-state index contributed by atoms with van der Waals surface area (Å²) in [7, 11) is 1.87. The topological polar surface area (TPSA) is 54.7 Å². The molecule has 64 valence electrons. The first-order valence-corrected chi connectivity index (χ1v) is 3.97. The Balaban J connectivity index is 2.86. The van der Waals surface area contributed by atoms with Gasteiger partial charge in [0.05, 0.1) is 0 Å². The minimum absolute atomic E-state index is 0.653. The lowest BCUT2D eigenvalue weighted by Gasteiger charge is -1.97. The highest BCUT2D eigenvalue weighted by Crippen LogP contribution is 2.20. The molecule has 0 aliphatic rings. The molecular formula is C10H9N3. The molecule has 2 N–H and O–H groups in total. The summed E-state index contributed by atoms with van der Waals surface area (Å²) in [6.07, 6.45) is 0. The van der Waals surface area contributed by atoms with Crippen LogP contribution in [-0.4, -0.2) is 4.57 Å². The molecular weight excluding hydrogens is 162 g/mol. The third-order valence-corrected chi connectivity index (χ3v) is 2.18. The Morgan fingerprint density at radius 1 is 1.38 bits per heavy atom. The van der Waals surface area contributed by atoms with Gasteiger partial charge in [0.15, 0.2) is 0 Å². The number of aryl methyl sites for hydroxylation is 1. The van der Waals surface area contributed by atoms with Crippen molar-refractivity contribution in [3.8, 4) is 6.07 Å². The number of anilines is 1. The average Bonchev–Trinajstić information content (AvgIpc) is 2.42. The predicted molar refractivity (Wildman–Crippen MR) is 52.0 cm³/mol. The van der Waals surface area contributed by atoms with Crippen molar-refractivity contribution < 1.29 is 0 Å². The van der Waals surface area contributed by atoms with Crippen LogP contribution in [0.4, 0.5) is 5.69 Å². The molecule has 0 saturated carbocycles. The zero-order valence-electron chi connectivity index (χ0n) is 7.28. The Labute approximate surface area is 76.0 Å². The molecule has 0 spiro atoms. The maximum absolute atomic E-state index is 8.79. The van der Waals surface area contributed by atoms with E-state index in [1.54, 1.807) is 0 Å². The summed E-state index contributed by atoms with van der Waals surface area (Å²) in [6.45, 7) is 0. The number of rotatable bonds is 0. The third kappa shape index (κ3) is 1.04. The van der Waals surface area contributed by atoms with Gasteiger partial charge < -0.3 is 10.3 Å². The van der Waals surface area contributed by atoms with E-state index in [4.69, 9.17) is 11.0 Å². The molecule has 0 radical (unpaired) electrons.